The van der Waals surface area contributed by atoms with Gasteiger partial charge in [-0.05, 0) is 24.3 Å². The van der Waals surface area contributed by atoms with Crippen molar-refractivity contribution in [1.82, 2.24) is 4.72 Å². The highest BCUT2D eigenvalue weighted by molar-refractivity contribution is 7.90. The lowest BCUT2D eigenvalue weighted by molar-refractivity contribution is -0.116. The molecule has 3 rings (SSSR count). The number of hydrogen-bond donors (Lipinski definition) is 1. The van der Waals surface area contributed by atoms with Gasteiger partial charge in [-0.2, -0.15) is 0 Å². The molecule has 1 N–H and O–H groups in total. The van der Waals surface area contributed by atoms with Gasteiger partial charge in [-0.15, -0.1) is 0 Å². The maximum Gasteiger partial charge on any atom is 0.264 e. The zero-order valence-electron chi connectivity index (χ0n) is 11.8. The summed E-state index contributed by atoms with van der Waals surface area (Å²) in [5.74, 6) is -0.632. The van der Waals surface area contributed by atoms with E-state index >= 15 is 0 Å². The third-order valence-corrected chi connectivity index (χ3v) is 4.88. The van der Waals surface area contributed by atoms with Crippen molar-refractivity contribution in [3.63, 3.8) is 0 Å². The van der Waals surface area contributed by atoms with Crippen LogP contribution in [0.25, 0.3) is 10.8 Å². The SMILES string of the molecule is O=C(NS(=O)(=O)c1cccc2ccccc12)C1=COCCC1. The summed E-state index contributed by atoms with van der Waals surface area (Å²) in [7, 11) is -3.93. The molecule has 1 amide bonds. The van der Waals surface area contributed by atoms with E-state index in [0.29, 0.717) is 30.4 Å². The van der Waals surface area contributed by atoms with Crippen LogP contribution in [0.15, 0.2) is 59.2 Å². The summed E-state index contributed by atoms with van der Waals surface area (Å²) in [5.41, 5.74) is 0.343. The lowest BCUT2D eigenvalue weighted by atomic mass is 10.1. The van der Waals surface area contributed by atoms with Crippen molar-refractivity contribution in [3.05, 3.63) is 54.3 Å². The first-order valence-corrected chi connectivity index (χ1v) is 8.42. The quantitative estimate of drug-likeness (QED) is 0.943. The minimum atomic E-state index is -3.93. The Bertz CT molecular complexity index is 850. The van der Waals surface area contributed by atoms with Crippen LogP contribution in [0.4, 0.5) is 0 Å². The highest BCUT2D eigenvalue weighted by Gasteiger charge is 2.23. The third-order valence-electron chi connectivity index (χ3n) is 3.49. The van der Waals surface area contributed by atoms with Crippen molar-refractivity contribution >= 4 is 26.7 Å². The van der Waals surface area contributed by atoms with Crippen molar-refractivity contribution in [2.75, 3.05) is 6.61 Å². The van der Waals surface area contributed by atoms with Crippen molar-refractivity contribution in [1.29, 1.82) is 0 Å². The van der Waals surface area contributed by atoms with E-state index in [9.17, 15) is 13.2 Å². The minimum Gasteiger partial charge on any atom is -0.501 e. The van der Waals surface area contributed by atoms with Crippen LogP contribution in [0.2, 0.25) is 0 Å². The van der Waals surface area contributed by atoms with Gasteiger partial charge in [0.1, 0.15) is 0 Å². The molecule has 0 fully saturated rings. The van der Waals surface area contributed by atoms with Crippen LogP contribution in [0, 0.1) is 0 Å². The average Bonchev–Trinajstić information content (AvgIpc) is 2.54. The van der Waals surface area contributed by atoms with E-state index < -0.39 is 15.9 Å². The van der Waals surface area contributed by atoms with Gasteiger partial charge in [-0.1, -0.05) is 36.4 Å². The van der Waals surface area contributed by atoms with Crippen LogP contribution >= 0.6 is 0 Å². The molecule has 1 aliphatic heterocycles. The van der Waals surface area contributed by atoms with Crippen LogP contribution in [0.1, 0.15) is 12.8 Å². The maximum absolute atomic E-state index is 12.5. The van der Waals surface area contributed by atoms with E-state index in [1.165, 1.54) is 12.3 Å². The zero-order chi connectivity index (χ0) is 15.6. The van der Waals surface area contributed by atoms with Gasteiger partial charge in [0.05, 0.1) is 23.3 Å². The monoisotopic (exact) mass is 317 g/mol. The largest absolute Gasteiger partial charge is 0.501 e. The number of carbonyl (C=O) groups is 1. The van der Waals surface area contributed by atoms with Gasteiger partial charge in [-0.25, -0.2) is 13.1 Å². The second-order valence-electron chi connectivity index (χ2n) is 5.03. The third kappa shape index (κ3) is 2.82. The molecular formula is C16H15NO4S. The number of benzene rings is 2. The molecule has 0 bridgehead atoms. The summed E-state index contributed by atoms with van der Waals surface area (Å²) >= 11 is 0. The highest BCUT2D eigenvalue weighted by Crippen LogP contribution is 2.23. The van der Waals surface area contributed by atoms with Crippen LogP contribution < -0.4 is 4.72 Å². The lowest BCUT2D eigenvalue weighted by Crippen LogP contribution is -2.32. The standard InChI is InChI=1S/C16H15NO4S/c18-16(13-7-4-10-21-11-13)17-22(19,20)15-9-3-6-12-5-1-2-8-14(12)15/h1-3,5-6,8-9,11H,4,7,10H2,(H,17,18). The Morgan fingerprint density at radius 1 is 1.09 bits per heavy atom. The summed E-state index contributed by atoms with van der Waals surface area (Å²) in [6, 6.07) is 12.1. The molecule has 6 heteroatoms. The molecule has 0 aliphatic carbocycles. The Morgan fingerprint density at radius 3 is 2.64 bits per heavy atom. The number of fused-ring (bicyclic) bond motifs is 1. The predicted molar refractivity (Wildman–Crippen MR) is 82.5 cm³/mol. The van der Waals surface area contributed by atoms with E-state index in [4.69, 9.17) is 4.74 Å². The van der Waals surface area contributed by atoms with E-state index in [1.54, 1.807) is 18.2 Å². The van der Waals surface area contributed by atoms with Gasteiger partial charge in [0, 0.05) is 5.39 Å². The fourth-order valence-electron chi connectivity index (χ4n) is 2.40. The fraction of sp³-hybridized carbons (Fsp3) is 0.188. The van der Waals surface area contributed by atoms with Crippen molar-refractivity contribution in [2.45, 2.75) is 17.7 Å². The topological polar surface area (TPSA) is 72.5 Å². The van der Waals surface area contributed by atoms with Gasteiger partial charge >= 0.3 is 0 Å². The molecule has 0 saturated heterocycles. The fourth-order valence-corrected chi connectivity index (χ4v) is 3.62. The first kappa shape index (κ1) is 14.6. The molecule has 0 radical (unpaired) electrons. The number of carbonyl (C=O) groups excluding carboxylic acids is 1. The molecule has 0 saturated carbocycles. The molecule has 0 aromatic heterocycles. The number of amides is 1. The average molecular weight is 317 g/mol. The molecule has 0 unspecified atom stereocenters. The number of ether oxygens (including phenoxy) is 1. The van der Waals surface area contributed by atoms with Gasteiger partial charge in [-0.3, -0.25) is 4.79 Å². The maximum atomic E-state index is 12.5. The smallest absolute Gasteiger partial charge is 0.264 e. The summed E-state index contributed by atoms with van der Waals surface area (Å²) in [6.45, 7) is 0.548. The van der Waals surface area contributed by atoms with Gasteiger partial charge in [0.15, 0.2) is 0 Å². The Balaban J connectivity index is 1.95. The summed E-state index contributed by atoms with van der Waals surface area (Å²) < 4.78 is 32.2. The molecule has 114 valence electrons. The van der Waals surface area contributed by atoms with E-state index in [-0.39, 0.29) is 4.90 Å². The van der Waals surface area contributed by atoms with Crippen LogP contribution in [-0.4, -0.2) is 20.9 Å². The number of hydrogen-bond acceptors (Lipinski definition) is 4. The van der Waals surface area contributed by atoms with Crippen LogP contribution in [0.3, 0.4) is 0 Å². The summed E-state index contributed by atoms with van der Waals surface area (Å²) in [4.78, 5) is 12.2. The lowest BCUT2D eigenvalue weighted by Gasteiger charge is -2.14. The molecule has 1 aliphatic rings. The summed E-state index contributed by atoms with van der Waals surface area (Å²) in [6.07, 6.45) is 2.54. The normalized spacial score (nSPS) is 15.0. The molecule has 5 nitrogen and oxygen atoms in total. The van der Waals surface area contributed by atoms with Gasteiger partial charge in [0.25, 0.3) is 15.9 Å². The van der Waals surface area contributed by atoms with E-state index in [2.05, 4.69) is 4.72 Å². The molecule has 0 spiro atoms. The second-order valence-corrected chi connectivity index (χ2v) is 6.68. The predicted octanol–water partition coefficient (Wildman–Crippen LogP) is 2.34. The highest BCUT2D eigenvalue weighted by atomic mass is 32.2. The summed E-state index contributed by atoms with van der Waals surface area (Å²) in [5, 5.41) is 1.39. The van der Waals surface area contributed by atoms with Crippen LogP contribution in [0.5, 0.6) is 0 Å². The van der Waals surface area contributed by atoms with E-state index in [1.807, 2.05) is 18.2 Å². The van der Waals surface area contributed by atoms with E-state index in [0.717, 1.165) is 5.39 Å². The number of nitrogens with one attached hydrogen (secondary N) is 1. The Hall–Kier alpha value is -2.34. The Morgan fingerprint density at radius 2 is 1.86 bits per heavy atom. The number of rotatable bonds is 3. The Labute approximate surface area is 128 Å². The minimum absolute atomic E-state index is 0.0938. The second kappa shape index (κ2) is 5.81. The van der Waals surface area contributed by atoms with Gasteiger partial charge < -0.3 is 4.74 Å². The van der Waals surface area contributed by atoms with Crippen molar-refractivity contribution in [3.8, 4) is 0 Å². The molecule has 0 atom stereocenters. The van der Waals surface area contributed by atoms with Gasteiger partial charge in [0.2, 0.25) is 0 Å². The van der Waals surface area contributed by atoms with Crippen molar-refractivity contribution < 1.29 is 17.9 Å². The van der Waals surface area contributed by atoms with Crippen LogP contribution in [-0.2, 0) is 19.6 Å². The molecule has 1 heterocycles. The first-order valence-electron chi connectivity index (χ1n) is 6.93. The van der Waals surface area contributed by atoms with Crippen molar-refractivity contribution in [2.24, 2.45) is 0 Å². The first-order chi connectivity index (χ1) is 10.6. The number of sulfonamides is 1. The molecular weight excluding hydrogens is 302 g/mol. The Kier molecular flexibility index (Phi) is 3.85. The molecule has 2 aromatic carbocycles. The zero-order valence-corrected chi connectivity index (χ0v) is 12.6. The molecule has 2 aromatic rings. The molecule has 22 heavy (non-hydrogen) atoms.